The van der Waals surface area contributed by atoms with Crippen LogP contribution in [0.4, 0.5) is 5.69 Å². The van der Waals surface area contributed by atoms with Gasteiger partial charge in [0.2, 0.25) is 12.5 Å². The summed E-state index contributed by atoms with van der Waals surface area (Å²) in [6, 6.07) is 9.47. The van der Waals surface area contributed by atoms with Gasteiger partial charge >= 0.3 is 0 Å². The zero-order valence-corrected chi connectivity index (χ0v) is 13.3. The maximum Gasteiger partial charge on any atom is 0.231 e. The van der Waals surface area contributed by atoms with E-state index in [1.807, 2.05) is 30.3 Å². The van der Waals surface area contributed by atoms with E-state index in [0.717, 1.165) is 22.7 Å². The van der Waals surface area contributed by atoms with Gasteiger partial charge in [-0.05, 0) is 29.8 Å². The molecule has 0 aliphatic carbocycles. The van der Waals surface area contributed by atoms with E-state index in [4.69, 9.17) is 23.7 Å². The molecule has 2 aromatic carbocycles. The summed E-state index contributed by atoms with van der Waals surface area (Å²) in [4.78, 5) is 0. The minimum atomic E-state index is 0.215. The van der Waals surface area contributed by atoms with Gasteiger partial charge in [0.15, 0.2) is 11.5 Å². The lowest BCUT2D eigenvalue weighted by Gasteiger charge is -2.13. The minimum absolute atomic E-state index is 0.215. The Kier molecular flexibility index (Phi) is 4.32. The first-order valence-corrected chi connectivity index (χ1v) is 7.17. The SMILES string of the molecule is COc1ccc(OC)c(NCc2cc(OC)c3c(c2)OCO3)c1. The van der Waals surface area contributed by atoms with E-state index in [-0.39, 0.29) is 6.79 Å². The molecular formula is C17H19NO5. The third kappa shape index (κ3) is 3.06. The Morgan fingerprint density at radius 2 is 1.78 bits per heavy atom. The normalized spacial score (nSPS) is 12.0. The van der Waals surface area contributed by atoms with Crippen LogP contribution in [0.1, 0.15) is 5.56 Å². The first-order valence-electron chi connectivity index (χ1n) is 7.17. The molecule has 0 bridgehead atoms. The fourth-order valence-corrected chi connectivity index (χ4v) is 2.44. The minimum Gasteiger partial charge on any atom is -0.497 e. The molecule has 23 heavy (non-hydrogen) atoms. The smallest absolute Gasteiger partial charge is 0.231 e. The van der Waals surface area contributed by atoms with E-state index in [9.17, 15) is 0 Å². The largest absolute Gasteiger partial charge is 0.497 e. The van der Waals surface area contributed by atoms with E-state index in [2.05, 4.69) is 5.32 Å². The van der Waals surface area contributed by atoms with Crippen molar-refractivity contribution in [2.75, 3.05) is 33.4 Å². The Bertz CT molecular complexity index is 702. The molecule has 2 aromatic rings. The molecule has 122 valence electrons. The van der Waals surface area contributed by atoms with Gasteiger partial charge in [-0.2, -0.15) is 0 Å². The number of hydrogen-bond acceptors (Lipinski definition) is 6. The predicted molar refractivity (Wildman–Crippen MR) is 86.0 cm³/mol. The summed E-state index contributed by atoms with van der Waals surface area (Å²) >= 11 is 0. The number of ether oxygens (including phenoxy) is 5. The van der Waals surface area contributed by atoms with E-state index in [0.29, 0.717) is 23.8 Å². The Morgan fingerprint density at radius 1 is 0.957 bits per heavy atom. The molecule has 0 saturated carbocycles. The van der Waals surface area contributed by atoms with Crippen molar-refractivity contribution in [1.29, 1.82) is 0 Å². The van der Waals surface area contributed by atoms with Crippen molar-refractivity contribution < 1.29 is 23.7 Å². The second-order valence-electron chi connectivity index (χ2n) is 4.95. The third-order valence-corrected chi connectivity index (χ3v) is 3.61. The second kappa shape index (κ2) is 6.56. The molecule has 6 heteroatoms. The highest BCUT2D eigenvalue weighted by Gasteiger charge is 2.20. The van der Waals surface area contributed by atoms with Crippen LogP contribution in [0.2, 0.25) is 0 Å². The predicted octanol–water partition coefficient (Wildman–Crippen LogP) is 3.05. The van der Waals surface area contributed by atoms with Gasteiger partial charge in [0.25, 0.3) is 0 Å². The lowest BCUT2D eigenvalue weighted by Crippen LogP contribution is -2.02. The van der Waals surface area contributed by atoms with Gasteiger partial charge in [0.05, 0.1) is 27.0 Å². The monoisotopic (exact) mass is 317 g/mol. The summed E-state index contributed by atoms with van der Waals surface area (Å²) in [5.41, 5.74) is 1.86. The standard InChI is InChI=1S/C17H19NO5/c1-19-12-4-5-14(20-2)13(8-12)18-9-11-6-15(21-3)17-16(7-11)22-10-23-17/h4-8,18H,9-10H2,1-3H3. The van der Waals surface area contributed by atoms with Crippen LogP contribution >= 0.6 is 0 Å². The average Bonchev–Trinajstić information content (AvgIpc) is 3.07. The summed E-state index contributed by atoms with van der Waals surface area (Å²) in [6.07, 6.45) is 0. The van der Waals surface area contributed by atoms with Crippen LogP contribution in [-0.4, -0.2) is 28.1 Å². The first-order chi connectivity index (χ1) is 11.2. The van der Waals surface area contributed by atoms with E-state index >= 15 is 0 Å². The van der Waals surface area contributed by atoms with Gasteiger partial charge in [-0.25, -0.2) is 0 Å². The zero-order valence-electron chi connectivity index (χ0n) is 13.3. The second-order valence-corrected chi connectivity index (χ2v) is 4.95. The van der Waals surface area contributed by atoms with Crippen LogP contribution in [-0.2, 0) is 6.54 Å². The van der Waals surface area contributed by atoms with Gasteiger partial charge in [-0.3, -0.25) is 0 Å². The van der Waals surface area contributed by atoms with Gasteiger partial charge in [0, 0.05) is 12.6 Å². The molecule has 0 radical (unpaired) electrons. The summed E-state index contributed by atoms with van der Waals surface area (Å²) < 4.78 is 26.8. The Balaban J connectivity index is 1.81. The van der Waals surface area contributed by atoms with E-state index < -0.39 is 0 Å². The van der Waals surface area contributed by atoms with Crippen molar-refractivity contribution in [3.05, 3.63) is 35.9 Å². The number of rotatable bonds is 6. The maximum absolute atomic E-state index is 5.44. The number of methoxy groups -OCH3 is 3. The van der Waals surface area contributed by atoms with Crippen molar-refractivity contribution in [1.82, 2.24) is 0 Å². The Hall–Kier alpha value is -2.76. The van der Waals surface area contributed by atoms with Gasteiger partial charge in [-0.1, -0.05) is 0 Å². The Morgan fingerprint density at radius 3 is 2.52 bits per heavy atom. The summed E-state index contributed by atoms with van der Waals surface area (Å²) in [6.45, 7) is 0.794. The van der Waals surface area contributed by atoms with Gasteiger partial charge < -0.3 is 29.0 Å². The highest BCUT2D eigenvalue weighted by Crippen LogP contribution is 2.42. The molecule has 1 heterocycles. The number of nitrogens with one attached hydrogen (secondary N) is 1. The van der Waals surface area contributed by atoms with Crippen LogP contribution in [0, 0.1) is 0 Å². The lowest BCUT2D eigenvalue weighted by atomic mass is 10.1. The molecule has 1 N–H and O–H groups in total. The fraction of sp³-hybridized carbons (Fsp3) is 0.294. The number of anilines is 1. The molecule has 6 nitrogen and oxygen atoms in total. The molecule has 1 aliphatic heterocycles. The zero-order chi connectivity index (χ0) is 16.2. The number of hydrogen-bond donors (Lipinski definition) is 1. The quantitative estimate of drug-likeness (QED) is 0.884. The van der Waals surface area contributed by atoms with Crippen molar-refractivity contribution >= 4 is 5.69 Å². The third-order valence-electron chi connectivity index (χ3n) is 3.61. The number of benzene rings is 2. The molecule has 0 atom stereocenters. The molecule has 0 spiro atoms. The summed E-state index contributed by atoms with van der Waals surface area (Å²) in [5, 5.41) is 3.34. The lowest BCUT2D eigenvalue weighted by molar-refractivity contribution is 0.171. The topological polar surface area (TPSA) is 58.2 Å². The Labute approximate surface area is 134 Å². The molecule has 0 amide bonds. The van der Waals surface area contributed by atoms with Crippen LogP contribution in [0.25, 0.3) is 0 Å². The van der Waals surface area contributed by atoms with Crippen molar-refractivity contribution in [3.63, 3.8) is 0 Å². The van der Waals surface area contributed by atoms with Gasteiger partial charge in [-0.15, -0.1) is 0 Å². The average molecular weight is 317 g/mol. The number of fused-ring (bicyclic) bond motifs is 1. The van der Waals surface area contributed by atoms with Crippen LogP contribution < -0.4 is 29.0 Å². The molecule has 0 fully saturated rings. The first kappa shape index (κ1) is 15.1. The van der Waals surface area contributed by atoms with Crippen LogP contribution in [0.3, 0.4) is 0 Å². The molecule has 0 saturated heterocycles. The fourth-order valence-electron chi connectivity index (χ4n) is 2.44. The molecule has 0 aromatic heterocycles. The summed E-state index contributed by atoms with van der Waals surface area (Å²) in [5.74, 6) is 3.51. The molecule has 1 aliphatic rings. The molecule has 0 unspecified atom stereocenters. The van der Waals surface area contributed by atoms with Crippen molar-refractivity contribution in [2.45, 2.75) is 6.54 Å². The molecular weight excluding hydrogens is 298 g/mol. The molecule has 3 rings (SSSR count). The van der Waals surface area contributed by atoms with E-state index in [1.54, 1.807) is 21.3 Å². The van der Waals surface area contributed by atoms with E-state index in [1.165, 1.54) is 0 Å². The maximum atomic E-state index is 5.44. The van der Waals surface area contributed by atoms with Gasteiger partial charge in [0.1, 0.15) is 11.5 Å². The van der Waals surface area contributed by atoms with Crippen molar-refractivity contribution in [2.24, 2.45) is 0 Å². The highest BCUT2D eigenvalue weighted by molar-refractivity contribution is 5.61. The van der Waals surface area contributed by atoms with Crippen LogP contribution in [0.15, 0.2) is 30.3 Å². The highest BCUT2D eigenvalue weighted by atomic mass is 16.7. The van der Waals surface area contributed by atoms with Crippen LogP contribution in [0.5, 0.6) is 28.7 Å². The van der Waals surface area contributed by atoms with Crippen molar-refractivity contribution in [3.8, 4) is 28.7 Å². The summed E-state index contributed by atoms with van der Waals surface area (Å²) in [7, 11) is 4.88.